The van der Waals surface area contributed by atoms with Gasteiger partial charge in [-0.05, 0) is 46.8 Å². The van der Waals surface area contributed by atoms with Gasteiger partial charge >= 0.3 is 6.09 Å². The number of rotatable bonds is 2. The lowest BCUT2D eigenvalue weighted by Gasteiger charge is -2.35. The molecule has 7 heteroatoms. The van der Waals surface area contributed by atoms with Crippen LogP contribution in [0.25, 0.3) is 0 Å². The minimum absolute atomic E-state index is 0.0528. The molecule has 1 aliphatic rings. The summed E-state index contributed by atoms with van der Waals surface area (Å²) in [5.74, 6) is -0.450. The van der Waals surface area contributed by atoms with Crippen molar-refractivity contribution in [2.45, 2.75) is 52.4 Å². The van der Waals surface area contributed by atoms with Gasteiger partial charge in [0.25, 0.3) is 5.91 Å². The Morgan fingerprint density at radius 2 is 1.84 bits per heavy atom. The highest BCUT2D eigenvalue weighted by molar-refractivity contribution is 5.98. The molecular formula is C18H26N2O5. The van der Waals surface area contributed by atoms with Gasteiger partial charge in [-0.3, -0.25) is 10.1 Å². The summed E-state index contributed by atoms with van der Waals surface area (Å²) in [5, 5.41) is 12.7. The van der Waals surface area contributed by atoms with Crippen molar-refractivity contribution < 1.29 is 24.2 Å². The van der Waals surface area contributed by atoms with Gasteiger partial charge < -0.3 is 19.5 Å². The molecule has 1 aromatic rings. The Balaban J connectivity index is 2.08. The number of aromatic hydroxyl groups is 1. The summed E-state index contributed by atoms with van der Waals surface area (Å²) >= 11 is 0. The van der Waals surface area contributed by atoms with Crippen molar-refractivity contribution in [2.75, 3.05) is 18.4 Å². The molecule has 0 aliphatic carbocycles. The van der Waals surface area contributed by atoms with Crippen LogP contribution in [0.3, 0.4) is 0 Å². The quantitative estimate of drug-likeness (QED) is 0.856. The van der Waals surface area contributed by atoms with Gasteiger partial charge in [-0.15, -0.1) is 0 Å². The van der Waals surface area contributed by atoms with E-state index in [0.29, 0.717) is 18.8 Å². The summed E-state index contributed by atoms with van der Waals surface area (Å²) in [6, 6.07) is 4.39. The summed E-state index contributed by atoms with van der Waals surface area (Å²) in [7, 11) is 0. The van der Waals surface area contributed by atoms with Crippen molar-refractivity contribution in [2.24, 2.45) is 0 Å². The van der Waals surface area contributed by atoms with E-state index >= 15 is 0 Å². The Bertz CT molecular complexity index is 643. The van der Waals surface area contributed by atoms with Gasteiger partial charge in [0.15, 0.2) is 0 Å². The summed E-state index contributed by atoms with van der Waals surface area (Å²) in [5.41, 5.74) is -0.0748. The van der Waals surface area contributed by atoms with Gasteiger partial charge in [0, 0.05) is 24.8 Å². The first kappa shape index (κ1) is 19.1. The standard InChI is InChI=1S/C18H26N2O5/c1-11-9-20(10-12(2)24-11)16(22)14-7-6-13(8-15(14)21)19-17(23)25-18(3,4)5/h6-8,11-12,21H,9-10H2,1-5H3,(H,19,23)/t11-,12-/m1/s1. The maximum absolute atomic E-state index is 12.6. The van der Waals surface area contributed by atoms with Crippen molar-refractivity contribution in [1.82, 2.24) is 4.90 Å². The van der Waals surface area contributed by atoms with Gasteiger partial charge in [0.05, 0.1) is 17.8 Å². The first-order valence-electron chi connectivity index (χ1n) is 8.33. The number of ether oxygens (including phenoxy) is 2. The predicted octanol–water partition coefficient (Wildman–Crippen LogP) is 2.99. The average molecular weight is 350 g/mol. The van der Waals surface area contributed by atoms with Gasteiger partial charge in [-0.25, -0.2) is 4.79 Å². The van der Waals surface area contributed by atoms with E-state index in [4.69, 9.17) is 9.47 Å². The molecule has 0 aromatic heterocycles. The summed E-state index contributed by atoms with van der Waals surface area (Å²) in [6.07, 6.45) is -0.729. The van der Waals surface area contributed by atoms with E-state index in [0.717, 1.165) is 0 Å². The minimum atomic E-state index is -0.623. The molecule has 0 bridgehead atoms. The molecule has 2 N–H and O–H groups in total. The number of morpholine rings is 1. The van der Waals surface area contributed by atoms with Crippen LogP contribution in [0.4, 0.5) is 10.5 Å². The second-order valence-electron chi connectivity index (χ2n) is 7.33. The van der Waals surface area contributed by atoms with Crippen LogP contribution in [-0.2, 0) is 9.47 Å². The molecule has 1 heterocycles. The lowest BCUT2D eigenvalue weighted by Crippen LogP contribution is -2.48. The number of nitrogens with one attached hydrogen (secondary N) is 1. The monoisotopic (exact) mass is 350 g/mol. The zero-order valence-corrected chi connectivity index (χ0v) is 15.3. The number of carbonyl (C=O) groups is 2. The van der Waals surface area contributed by atoms with Crippen LogP contribution >= 0.6 is 0 Å². The molecule has 2 atom stereocenters. The van der Waals surface area contributed by atoms with Crippen LogP contribution in [0, 0.1) is 0 Å². The molecule has 0 radical (unpaired) electrons. The lowest BCUT2D eigenvalue weighted by atomic mass is 10.1. The Labute approximate surface area is 147 Å². The highest BCUT2D eigenvalue weighted by Gasteiger charge is 2.28. The van der Waals surface area contributed by atoms with Crippen molar-refractivity contribution in [3.05, 3.63) is 23.8 Å². The third kappa shape index (κ3) is 5.35. The number of anilines is 1. The van der Waals surface area contributed by atoms with E-state index in [-0.39, 0.29) is 29.4 Å². The average Bonchev–Trinajstić information content (AvgIpc) is 2.43. The normalized spacial score (nSPS) is 20.9. The number of amides is 2. The molecular weight excluding hydrogens is 324 g/mol. The fourth-order valence-corrected chi connectivity index (χ4v) is 2.73. The van der Waals surface area contributed by atoms with Crippen molar-refractivity contribution >= 4 is 17.7 Å². The number of carbonyl (C=O) groups excluding carboxylic acids is 2. The Morgan fingerprint density at radius 3 is 2.36 bits per heavy atom. The summed E-state index contributed by atoms with van der Waals surface area (Å²) in [6.45, 7) is 10.0. The molecule has 1 aliphatic heterocycles. The molecule has 138 valence electrons. The third-order valence-electron chi connectivity index (χ3n) is 3.58. The molecule has 2 rings (SSSR count). The first-order valence-corrected chi connectivity index (χ1v) is 8.33. The molecule has 7 nitrogen and oxygen atoms in total. The number of nitrogens with zero attached hydrogens (tertiary/aromatic N) is 1. The van der Waals surface area contributed by atoms with Gasteiger partial charge in [-0.2, -0.15) is 0 Å². The molecule has 0 spiro atoms. The van der Waals surface area contributed by atoms with Crippen LogP contribution in [0.2, 0.25) is 0 Å². The SMILES string of the molecule is C[C@@H]1CN(C(=O)c2ccc(NC(=O)OC(C)(C)C)cc2O)C[C@@H](C)O1. The van der Waals surface area contributed by atoms with E-state index in [2.05, 4.69) is 5.32 Å². The highest BCUT2D eigenvalue weighted by atomic mass is 16.6. The van der Waals surface area contributed by atoms with E-state index in [1.54, 1.807) is 31.7 Å². The molecule has 25 heavy (non-hydrogen) atoms. The van der Waals surface area contributed by atoms with Crippen LogP contribution in [0.15, 0.2) is 18.2 Å². The first-order chi connectivity index (χ1) is 11.5. The number of benzene rings is 1. The Hall–Kier alpha value is -2.28. The lowest BCUT2D eigenvalue weighted by molar-refractivity contribution is -0.0586. The maximum Gasteiger partial charge on any atom is 0.412 e. The topological polar surface area (TPSA) is 88.1 Å². The second kappa shape index (κ2) is 7.31. The fourth-order valence-electron chi connectivity index (χ4n) is 2.73. The molecule has 0 saturated carbocycles. The van der Waals surface area contributed by atoms with Crippen LogP contribution in [-0.4, -0.2) is 52.9 Å². The second-order valence-corrected chi connectivity index (χ2v) is 7.33. The third-order valence-corrected chi connectivity index (χ3v) is 3.58. The smallest absolute Gasteiger partial charge is 0.412 e. The number of hydrogen-bond donors (Lipinski definition) is 2. The predicted molar refractivity (Wildman–Crippen MR) is 93.9 cm³/mol. The highest BCUT2D eigenvalue weighted by Crippen LogP contribution is 2.25. The number of phenolic OH excluding ortho intramolecular Hbond substituents is 1. The van der Waals surface area contributed by atoms with Crippen molar-refractivity contribution in [3.8, 4) is 5.75 Å². The zero-order valence-electron chi connectivity index (χ0n) is 15.3. The van der Waals surface area contributed by atoms with Crippen LogP contribution in [0.5, 0.6) is 5.75 Å². The van der Waals surface area contributed by atoms with Gasteiger partial charge in [0.2, 0.25) is 0 Å². The minimum Gasteiger partial charge on any atom is -0.507 e. The fraction of sp³-hybridized carbons (Fsp3) is 0.556. The molecule has 1 aromatic carbocycles. The Kier molecular flexibility index (Phi) is 5.57. The summed E-state index contributed by atoms with van der Waals surface area (Å²) in [4.78, 5) is 26.1. The van der Waals surface area contributed by atoms with Crippen LogP contribution < -0.4 is 5.32 Å². The Morgan fingerprint density at radius 1 is 1.24 bits per heavy atom. The van der Waals surface area contributed by atoms with E-state index in [1.165, 1.54) is 12.1 Å². The molecule has 2 amide bonds. The van der Waals surface area contributed by atoms with Gasteiger partial charge in [-0.1, -0.05) is 0 Å². The number of phenols is 1. The zero-order chi connectivity index (χ0) is 18.8. The van der Waals surface area contributed by atoms with Crippen molar-refractivity contribution in [1.29, 1.82) is 0 Å². The van der Waals surface area contributed by atoms with Gasteiger partial charge in [0.1, 0.15) is 11.4 Å². The van der Waals surface area contributed by atoms with Crippen LogP contribution in [0.1, 0.15) is 45.0 Å². The maximum atomic E-state index is 12.6. The molecule has 0 unspecified atom stereocenters. The van der Waals surface area contributed by atoms with E-state index in [1.807, 2.05) is 13.8 Å². The number of hydrogen-bond acceptors (Lipinski definition) is 5. The molecule has 1 fully saturated rings. The largest absolute Gasteiger partial charge is 0.507 e. The van der Waals surface area contributed by atoms with Crippen molar-refractivity contribution in [3.63, 3.8) is 0 Å². The van der Waals surface area contributed by atoms with E-state index in [9.17, 15) is 14.7 Å². The van der Waals surface area contributed by atoms with E-state index < -0.39 is 11.7 Å². The summed E-state index contributed by atoms with van der Waals surface area (Å²) < 4.78 is 10.8. The molecule has 1 saturated heterocycles.